The molecule has 29 heavy (non-hydrogen) atoms. The number of ketones is 2. The fourth-order valence-corrected chi connectivity index (χ4v) is 3.75. The van der Waals surface area contributed by atoms with Crippen LogP contribution in [0.5, 0.6) is 5.75 Å². The Bertz CT molecular complexity index is 1220. The normalized spacial score (nSPS) is 14.4. The van der Waals surface area contributed by atoms with Crippen molar-refractivity contribution in [1.82, 2.24) is 4.57 Å². The quantitative estimate of drug-likeness (QED) is 0.368. The molecule has 0 amide bonds. The molecule has 0 saturated carbocycles. The van der Waals surface area contributed by atoms with E-state index in [0.29, 0.717) is 29.8 Å². The molecule has 148 valence electrons. The van der Waals surface area contributed by atoms with Crippen LogP contribution in [-0.4, -0.2) is 28.0 Å². The highest BCUT2D eigenvalue weighted by molar-refractivity contribution is 6.47. The predicted octanol–water partition coefficient (Wildman–Crippen LogP) is 4.25. The van der Waals surface area contributed by atoms with E-state index in [-0.39, 0.29) is 11.7 Å². The molecule has 0 atom stereocenters. The SMILES string of the molecule is CCCC(=O)c1ccc2c(c1)c1c3c(ccc1n2CC)C(=O)C(=NOC(C)=O)O3. The van der Waals surface area contributed by atoms with Crippen molar-refractivity contribution in [2.75, 3.05) is 0 Å². The van der Waals surface area contributed by atoms with Crippen LogP contribution < -0.4 is 4.74 Å². The smallest absolute Gasteiger partial charge is 0.332 e. The van der Waals surface area contributed by atoms with Gasteiger partial charge < -0.3 is 14.1 Å². The molecule has 0 radical (unpaired) electrons. The maximum atomic E-state index is 12.6. The second-order valence-corrected chi connectivity index (χ2v) is 6.90. The number of hydrogen-bond acceptors (Lipinski definition) is 6. The van der Waals surface area contributed by atoms with E-state index in [0.717, 1.165) is 28.2 Å². The minimum Gasteiger partial charge on any atom is -0.432 e. The van der Waals surface area contributed by atoms with Crippen molar-refractivity contribution in [3.63, 3.8) is 0 Å². The highest BCUT2D eigenvalue weighted by Crippen LogP contribution is 2.41. The number of carbonyl (C=O) groups is 3. The predicted molar refractivity (Wildman–Crippen MR) is 109 cm³/mol. The average Bonchev–Trinajstić information content (AvgIpc) is 3.20. The molecule has 0 fully saturated rings. The van der Waals surface area contributed by atoms with Crippen molar-refractivity contribution in [3.8, 4) is 5.75 Å². The first kappa shape index (κ1) is 18.9. The summed E-state index contributed by atoms with van der Waals surface area (Å²) in [5.74, 6) is -0.919. The minimum atomic E-state index is -0.642. The number of hydrogen-bond donors (Lipinski definition) is 0. The molecule has 0 saturated heterocycles. The standard InChI is InChI=1S/C22H20N2O5/c1-4-6-18(26)13-7-9-16-15(11-13)19-17(24(16)5-2)10-8-14-20(27)22(28-21(14)19)23-29-12(3)25/h7-11H,4-6H2,1-3H3. The lowest BCUT2D eigenvalue weighted by Gasteiger charge is -2.04. The Hall–Kier alpha value is -3.48. The second-order valence-electron chi connectivity index (χ2n) is 6.90. The molecule has 4 rings (SSSR count). The number of Topliss-reactive ketones (excluding diaryl/α,β-unsaturated/α-hetero) is 2. The van der Waals surface area contributed by atoms with E-state index in [2.05, 4.69) is 14.6 Å². The largest absolute Gasteiger partial charge is 0.432 e. The van der Waals surface area contributed by atoms with Crippen LogP contribution in [0.2, 0.25) is 0 Å². The van der Waals surface area contributed by atoms with Gasteiger partial charge in [0.25, 0.3) is 5.78 Å². The van der Waals surface area contributed by atoms with Gasteiger partial charge in [0.2, 0.25) is 0 Å². The van der Waals surface area contributed by atoms with Gasteiger partial charge in [0.15, 0.2) is 11.5 Å². The maximum absolute atomic E-state index is 12.6. The van der Waals surface area contributed by atoms with Crippen LogP contribution in [0.4, 0.5) is 0 Å². The number of rotatable bonds is 5. The van der Waals surface area contributed by atoms with E-state index in [4.69, 9.17) is 4.74 Å². The highest BCUT2D eigenvalue weighted by atomic mass is 16.7. The molecule has 2 heterocycles. The van der Waals surface area contributed by atoms with Crippen molar-refractivity contribution >= 4 is 45.2 Å². The van der Waals surface area contributed by atoms with Gasteiger partial charge >= 0.3 is 11.9 Å². The molecule has 0 N–H and O–H groups in total. The third-order valence-electron chi connectivity index (χ3n) is 4.99. The summed E-state index contributed by atoms with van der Waals surface area (Å²) in [6, 6.07) is 9.17. The first-order valence-corrected chi connectivity index (χ1v) is 9.56. The van der Waals surface area contributed by atoms with E-state index < -0.39 is 11.8 Å². The zero-order chi connectivity index (χ0) is 20.7. The molecule has 1 aromatic heterocycles. The number of carbonyl (C=O) groups excluding carboxylic acids is 3. The van der Waals surface area contributed by atoms with Crippen LogP contribution in [-0.2, 0) is 16.2 Å². The molecule has 7 nitrogen and oxygen atoms in total. The Morgan fingerprint density at radius 1 is 1.14 bits per heavy atom. The van der Waals surface area contributed by atoms with Gasteiger partial charge in [0.1, 0.15) is 0 Å². The van der Waals surface area contributed by atoms with Gasteiger partial charge in [0.05, 0.1) is 16.5 Å². The van der Waals surface area contributed by atoms with Crippen molar-refractivity contribution in [3.05, 3.63) is 41.5 Å². The van der Waals surface area contributed by atoms with Crippen LogP contribution >= 0.6 is 0 Å². The summed E-state index contributed by atoms with van der Waals surface area (Å²) in [6.45, 7) is 5.90. The number of aromatic nitrogens is 1. The third-order valence-corrected chi connectivity index (χ3v) is 4.99. The van der Waals surface area contributed by atoms with Gasteiger partial charge in [-0.2, -0.15) is 0 Å². The van der Waals surface area contributed by atoms with Crippen LogP contribution in [0.15, 0.2) is 35.5 Å². The third kappa shape index (κ3) is 2.99. The summed E-state index contributed by atoms with van der Waals surface area (Å²) in [7, 11) is 0. The van der Waals surface area contributed by atoms with Gasteiger partial charge in [-0.05, 0) is 48.8 Å². The number of benzene rings is 2. The summed E-state index contributed by atoms with van der Waals surface area (Å²) in [5, 5.41) is 5.11. The number of aryl methyl sites for hydroxylation is 1. The monoisotopic (exact) mass is 392 g/mol. The Labute approximate surface area is 166 Å². The Kier molecular flexibility index (Phi) is 4.66. The average molecular weight is 392 g/mol. The minimum absolute atomic E-state index is 0.0773. The fraction of sp³-hybridized carbons (Fsp3) is 0.273. The molecule has 7 heteroatoms. The summed E-state index contributed by atoms with van der Waals surface area (Å²) in [4.78, 5) is 40.7. The molecular formula is C22H20N2O5. The van der Waals surface area contributed by atoms with Crippen molar-refractivity contribution in [2.45, 2.75) is 40.2 Å². The van der Waals surface area contributed by atoms with Crippen molar-refractivity contribution in [1.29, 1.82) is 0 Å². The zero-order valence-corrected chi connectivity index (χ0v) is 16.4. The Balaban J connectivity index is 1.96. The Morgan fingerprint density at radius 3 is 2.59 bits per heavy atom. The van der Waals surface area contributed by atoms with Crippen LogP contribution in [0.1, 0.15) is 54.3 Å². The molecule has 3 aromatic rings. The lowest BCUT2D eigenvalue weighted by atomic mass is 10.0. The molecular weight excluding hydrogens is 372 g/mol. The van der Waals surface area contributed by atoms with Crippen molar-refractivity contribution in [2.24, 2.45) is 5.16 Å². The second kappa shape index (κ2) is 7.16. The van der Waals surface area contributed by atoms with Crippen molar-refractivity contribution < 1.29 is 24.0 Å². The number of nitrogens with zero attached hydrogens (tertiary/aromatic N) is 2. The number of fused-ring (bicyclic) bond motifs is 5. The van der Waals surface area contributed by atoms with Crippen LogP contribution in [0, 0.1) is 0 Å². The molecule has 0 bridgehead atoms. The molecule has 0 spiro atoms. The van der Waals surface area contributed by atoms with Gasteiger partial charge in [-0.3, -0.25) is 9.59 Å². The lowest BCUT2D eigenvalue weighted by Crippen LogP contribution is -2.13. The summed E-state index contributed by atoms with van der Waals surface area (Å²) >= 11 is 0. The molecule has 2 aromatic carbocycles. The highest BCUT2D eigenvalue weighted by Gasteiger charge is 2.33. The topological polar surface area (TPSA) is 87.0 Å². The van der Waals surface area contributed by atoms with Crippen LogP contribution in [0.3, 0.4) is 0 Å². The van der Waals surface area contributed by atoms with E-state index in [1.807, 2.05) is 38.1 Å². The molecule has 0 aliphatic carbocycles. The van der Waals surface area contributed by atoms with E-state index in [1.165, 1.54) is 6.92 Å². The van der Waals surface area contributed by atoms with Gasteiger partial charge in [0, 0.05) is 36.4 Å². The first-order valence-electron chi connectivity index (χ1n) is 9.56. The maximum Gasteiger partial charge on any atom is 0.332 e. The zero-order valence-electron chi connectivity index (χ0n) is 16.4. The Morgan fingerprint density at radius 2 is 1.90 bits per heavy atom. The molecule has 1 aliphatic rings. The van der Waals surface area contributed by atoms with Gasteiger partial charge in [-0.25, -0.2) is 4.79 Å². The summed E-state index contributed by atoms with van der Waals surface area (Å²) in [6.07, 6.45) is 1.25. The lowest BCUT2D eigenvalue weighted by molar-refractivity contribution is -0.141. The molecule has 0 unspecified atom stereocenters. The van der Waals surface area contributed by atoms with E-state index in [1.54, 1.807) is 6.07 Å². The summed E-state index contributed by atoms with van der Waals surface area (Å²) in [5.41, 5.74) is 2.82. The fourth-order valence-electron chi connectivity index (χ4n) is 3.75. The van der Waals surface area contributed by atoms with Gasteiger partial charge in [-0.1, -0.05) is 6.92 Å². The van der Waals surface area contributed by atoms with Crippen LogP contribution in [0.25, 0.3) is 21.8 Å². The summed E-state index contributed by atoms with van der Waals surface area (Å²) < 4.78 is 7.83. The first-order chi connectivity index (χ1) is 14.0. The van der Waals surface area contributed by atoms with E-state index in [9.17, 15) is 14.4 Å². The number of oxime groups is 1. The van der Waals surface area contributed by atoms with E-state index >= 15 is 0 Å². The number of ether oxygens (including phenoxy) is 1. The molecule has 1 aliphatic heterocycles. The van der Waals surface area contributed by atoms with Gasteiger partial charge in [-0.15, -0.1) is 0 Å².